The number of ether oxygens (including phenoxy) is 1. The normalized spacial score (nSPS) is 14.7. The van der Waals surface area contributed by atoms with Gasteiger partial charge in [-0.15, -0.1) is 0 Å². The van der Waals surface area contributed by atoms with Crippen LogP contribution in [0.2, 0.25) is 0 Å². The van der Waals surface area contributed by atoms with Gasteiger partial charge in [0.05, 0.1) is 42.1 Å². The summed E-state index contributed by atoms with van der Waals surface area (Å²) in [4.78, 5) is 20.4. The lowest BCUT2D eigenvalue weighted by Gasteiger charge is -2.34. The first-order chi connectivity index (χ1) is 16.0. The zero-order valence-corrected chi connectivity index (χ0v) is 18.8. The molecular weight excluding hydrogens is 423 g/mol. The first-order valence-electron chi connectivity index (χ1n) is 10.8. The summed E-state index contributed by atoms with van der Waals surface area (Å²) in [5, 5.41) is 4.47. The minimum Gasteiger partial charge on any atom is -0.494 e. The fourth-order valence-electron chi connectivity index (χ4n) is 4.26. The van der Waals surface area contributed by atoms with Crippen LogP contribution in [0.5, 0.6) is 5.75 Å². The number of anilines is 1. The number of benzene rings is 1. The van der Waals surface area contributed by atoms with Gasteiger partial charge in [0, 0.05) is 50.2 Å². The van der Waals surface area contributed by atoms with Crippen LogP contribution in [0.25, 0.3) is 22.6 Å². The fraction of sp³-hybridized carbons (Fsp3) is 0.292. The highest BCUT2D eigenvalue weighted by atomic mass is 19.1. The van der Waals surface area contributed by atoms with Gasteiger partial charge in [0.1, 0.15) is 17.2 Å². The van der Waals surface area contributed by atoms with Crippen molar-refractivity contribution in [2.75, 3.05) is 45.2 Å². The van der Waals surface area contributed by atoms with Gasteiger partial charge in [-0.1, -0.05) is 0 Å². The molecule has 0 saturated carbocycles. The van der Waals surface area contributed by atoms with Crippen molar-refractivity contribution >= 4 is 17.6 Å². The molecule has 33 heavy (non-hydrogen) atoms. The summed E-state index contributed by atoms with van der Waals surface area (Å²) >= 11 is 0. The fourth-order valence-corrected chi connectivity index (χ4v) is 4.26. The van der Waals surface area contributed by atoms with E-state index in [2.05, 4.69) is 33.1 Å². The van der Waals surface area contributed by atoms with Gasteiger partial charge >= 0.3 is 0 Å². The number of aromatic nitrogens is 4. The lowest BCUT2D eigenvalue weighted by Crippen LogP contribution is -2.44. The molecule has 8 nitrogen and oxygen atoms in total. The van der Waals surface area contributed by atoms with Crippen LogP contribution in [-0.2, 0) is 0 Å². The number of aryl methyl sites for hydroxylation is 1. The number of hydrogen-bond acceptors (Lipinski definition) is 6. The molecule has 5 rings (SSSR count). The Morgan fingerprint density at radius 2 is 1.85 bits per heavy atom. The van der Waals surface area contributed by atoms with Crippen molar-refractivity contribution in [2.24, 2.45) is 0 Å². The highest BCUT2D eigenvalue weighted by molar-refractivity contribution is 5.77. The number of fused-ring (bicyclic) bond motifs is 1. The molecule has 0 amide bonds. The second kappa shape index (κ2) is 8.32. The lowest BCUT2D eigenvalue weighted by atomic mass is 10.1. The molecule has 3 aromatic heterocycles. The maximum absolute atomic E-state index is 13.9. The van der Waals surface area contributed by atoms with Gasteiger partial charge in [-0.2, -0.15) is 5.10 Å². The summed E-state index contributed by atoms with van der Waals surface area (Å²) < 4.78 is 23.3. The molecule has 1 aromatic carbocycles. The van der Waals surface area contributed by atoms with Crippen LogP contribution in [0.4, 0.5) is 10.1 Å². The van der Waals surface area contributed by atoms with Crippen LogP contribution < -0.4 is 9.64 Å². The number of hydrogen-bond donors (Lipinski definition) is 0. The number of methoxy groups -OCH3 is 1. The van der Waals surface area contributed by atoms with Gasteiger partial charge in [-0.25, -0.2) is 14.1 Å². The third-order valence-corrected chi connectivity index (χ3v) is 6.22. The third kappa shape index (κ3) is 3.74. The Morgan fingerprint density at radius 1 is 1.06 bits per heavy atom. The second-order valence-corrected chi connectivity index (χ2v) is 8.34. The van der Waals surface area contributed by atoms with E-state index >= 15 is 0 Å². The maximum Gasteiger partial charge on any atom is 0.153 e. The second-order valence-electron chi connectivity index (χ2n) is 8.34. The molecule has 0 atom stereocenters. The lowest BCUT2D eigenvalue weighted by molar-refractivity contribution is 0.111. The Hall–Kier alpha value is -3.72. The summed E-state index contributed by atoms with van der Waals surface area (Å²) in [7, 11) is 3.81. The predicted octanol–water partition coefficient (Wildman–Crippen LogP) is 3.21. The number of rotatable bonds is 5. The molecule has 1 aliphatic rings. The quantitative estimate of drug-likeness (QED) is 0.437. The maximum atomic E-state index is 13.9. The molecular formula is C24H25FN6O2. The number of nitrogens with zero attached hydrogens (tertiary/aromatic N) is 6. The topological polar surface area (TPSA) is 67.9 Å². The van der Waals surface area contributed by atoms with E-state index in [9.17, 15) is 9.18 Å². The standard InChI is InChI=1S/C24H25FN6O2/c1-16-8-19(25)17(15-32)9-20(16)31-13-18(11-27-31)21-12-26-24-10-23(33-3)22(14-30(21)24)29-6-4-28(2)5-7-29/h8-15H,4-7H2,1-3H3. The van der Waals surface area contributed by atoms with Crippen LogP contribution in [0.15, 0.2) is 43.0 Å². The average Bonchev–Trinajstić information content (AvgIpc) is 3.45. The number of likely N-dealkylation sites (N-methyl/N-ethyl adjacent to an activating group) is 1. The van der Waals surface area contributed by atoms with E-state index in [4.69, 9.17) is 4.74 Å². The SMILES string of the molecule is COc1cc2ncc(-c3cnn(-c4cc(C=O)c(F)cc4C)c3)n2cc1N1CCN(C)CC1. The van der Waals surface area contributed by atoms with E-state index in [-0.39, 0.29) is 5.56 Å². The summed E-state index contributed by atoms with van der Waals surface area (Å²) in [5.41, 5.74) is 4.87. The number of halogens is 1. The number of carbonyl (C=O) groups is 1. The van der Waals surface area contributed by atoms with Crippen LogP contribution in [-0.4, -0.2) is 70.7 Å². The predicted molar refractivity (Wildman–Crippen MR) is 124 cm³/mol. The van der Waals surface area contributed by atoms with Gasteiger partial charge in [-0.3, -0.25) is 9.20 Å². The van der Waals surface area contributed by atoms with Crippen LogP contribution in [0.1, 0.15) is 15.9 Å². The highest BCUT2D eigenvalue weighted by Crippen LogP contribution is 2.33. The number of carbonyl (C=O) groups excluding carboxylic acids is 1. The Labute approximate surface area is 190 Å². The van der Waals surface area contributed by atoms with E-state index in [0.29, 0.717) is 17.5 Å². The summed E-state index contributed by atoms with van der Waals surface area (Å²) in [5.74, 6) is 0.258. The van der Waals surface area contributed by atoms with Crippen LogP contribution in [0.3, 0.4) is 0 Å². The molecule has 4 aromatic rings. The number of aldehydes is 1. The zero-order valence-electron chi connectivity index (χ0n) is 18.8. The Bertz CT molecular complexity index is 1340. The molecule has 1 fully saturated rings. The molecule has 0 radical (unpaired) electrons. The van der Waals surface area contributed by atoms with Crippen LogP contribution >= 0.6 is 0 Å². The third-order valence-electron chi connectivity index (χ3n) is 6.22. The van der Waals surface area contributed by atoms with Gasteiger partial charge in [0.25, 0.3) is 0 Å². The summed E-state index contributed by atoms with van der Waals surface area (Å²) in [6.07, 6.45) is 7.98. The van der Waals surface area contributed by atoms with Crippen molar-refractivity contribution in [3.8, 4) is 22.7 Å². The van der Waals surface area contributed by atoms with Crippen molar-refractivity contribution < 1.29 is 13.9 Å². The van der Waals surface area contributed by atoms with Crippen molar-refractivity contribution in [1.82, 2.24) is 24.1 Å². The Kier molecular flexibility index (Phi) is 5.33. The largest absolute Gasteiger partial charge is 0.494 e. The molecule has 0 unspecified atom stereocenters. The monoisotopic (exact) mass is 448 g/mol. The number of pyridine rings is 1. The van der Waals surface area contributed by atoms with Crippen molar-refractivity contribution in [1.29, 1.82) is 0 Å². The molecule has 1 saturated heterocycles. The first-order valence-corrected chi connectivity index (χ1v) is 10.8. The van der Waals surface area contributed by atoms with E-state index in [1.807, 2.05) is 16.7 Å². The molecule has 9 heteroatoms. The van der Waals surface area contributed by atoms with Gasteiger partial charge in [0.2, 0.25) is 0 Å². The highest BCUT2D eigenvalue weighted by Gasteiger charge is 2.20. The van der Waals surface area contributed by atoms with Crippen molar-refractivity contribution in [3.63, 3.8) is 0 Å². The molecule has 0 N–H and O–H groups in total. The summed E-state index contributed by atoms with van der Waals surface area (Å²) in [6.45, 7) is 5.61. The molecule has 0 aliphatic carbocycles. The smallest absolute Gasteiger partial charge is 0.153 e. The molecule has 1 aliphatic heterocycles. The Morgan fingerprint density at radius 3 is 2.58 bits per heavy atom. The minimum atomic E-state index is -0.536. The molecule has 170 valence electrons. The molecule has 0 bridgehead atoms. The van der Waals surface area contributed by atoms with Crippen LogP contribution in [0, 0.1) is 12.7 Å². The zero-order chi connectivity index (χ0) is 23.1. The van der Waals surface area contributed by atoms with Gasteiger partial charge in [0.15, 0.2) is 6.29 Å². The number of imidazole rings is 1. The molecule has 0 spiro atoms. The van der Waals surface area contributed by atoms with Gasteiger partial charge < -0.3 is 14.5 Å². The van der Waals surface area contributed by atoms with E-state index < -0.39 is 5.82 Å². The minimum absolute atomic E-state index is 0.00589. The van der Waals surface area contributed by atoms with Crippen molar-refractivity contribution in [2.45, 2.75) is 6.92 Å². The summed E-state index contributed by atoms with van der Waals surface area (Å²) in [6, 6.07) is 4.81. The number of piperazine rings is 1. The average molecular weight is 449 g/mol. The van der Waals surface area contributed by atoms with E-state index in [1.165, 1.54) is 12.1 Å². The first kappa shape index (κ1) is 21.1. The van der Waals surface area contributed by atoms with Gasteiger partial charge in [-0.05, 0) is 31.7 Å². The van der Waals surface area contributed by atoms with E-state index in [1.54, 1.807) is 31.1 Å². The van der Waals surface area contributed by atoms with Crippen molar-refractivity contribution in [3.05, 3.63) is 59.9 Å². The Balaban J connectivity index is 1.56. The van der Waals surface area contributed by atoms with E-state index in [0.717, 1.165) is 54.5 Å². The molecule has 4 heterocycles.